The predicted octanol–water partition coefficient (Wildman–Crippen LogP) is 6.24. The minimum atomic E-state index is -4.41. The van der Waals surface area contributed by atoms with Crippen molar-refractivity contribution in [3.63, 3.8) is 0 Å². The third-order valence-corrected chi connectivity index (χ3v) is 5.66. The number of amides is 1. The molecule has 0 aliphatic heterocycles. The molecule has 0 aliphatic rings. The van der Waals surface area contributed by atoms with Gasteiger partial charge in [0.05, 0.1) is 10.5 Å². The second kappa shape index (κ2) is 9.48. The molecule has 1 amide bonds. The van der Waals surface area contributed by atoms with Gasteiger partial charge in [0.2, 0.25) is 0 Å². The van der Waals surface area contributed by atoms with Gasteiger partial charge < -0.3 is 4.42 Å². The van der Waals surface area contributed by atoms with E-state index in [1.165, 1.54) is 25.4 Å². The van der Waals surface area contributed by atoms with Crippen LogP contribution in [0.5, 0.6) is 0 Å². The summed E-state index contributed by atoms with van der Waals surface area (Å²) < 4.78 is 44.3. The van der Waals surface area contributed by atoms with Gasteiger partial charge in [-0.15, -0.1) is 11.3 Å². The number of aromatic nitrogens is 1. The Morgan fingerprint density at radius 2 is 1.94 bits per heavy atom. The summed E-state index contributed by atoms with van der Waals surface area (Å²) in [6, 6.07) is 14.6. The zero-order valence-electron chi connectivity index (χ0n) is 17.6. The van der Waals surface area contributed by atoms with E-state index in [0.29, 0.717) is 26.7 Å². The number of nitrogens with one attached hydrogen (secondary N) is 1. The second-order valence-electron chi connectivity index (χ2n) is 7.11. The van der Waals surface area contributed by atoms with Gasteiger partial charge >= 0.3 is 11.9 Å². The normalized spacial score (nSPS) is 11.3. The Kier molecular flexibility index (Phi) is 6.46. The number of furan rings is 1. The molecule has 0 atom stereocenters. The molecule has 34 heavy (non-hydrogen) atoms. The lowest BCUT2D eigenvalue weighted by atomic mass is 10.1. The van der Waals surface area contributed by atoms with Gasteiger partial charge in [-0.3, -0.25) is 10.1 Å². The van der Waals surface area contributed by atoms with Crippen molar-refractivity contribution in [3.05, 3.63) is 93.5 Å². The highest BCUT2D eigenvalue weighted by Crippen LogP contribution is 2.31. The molecular formula is C23H17F3N3O4S+. The number of benzene rings is 2. The highest BCUT2D eigenvalue weighted by atomic mass is 32.1. The zero-order valence-corrected chi connectivity index (χ0v) is 18.4. The monoisotopic (exact) mass is 488 g/mol. The highest BCUT2D eigenvalue weighted by molar-refractivity contribution is 7.15. The van der Waals surface area contributed by atoms with Gasteiger partial charge in [-0.2, -0.15) is 13.2 Å². The van der Waals surface area contributed by atoms with Crippen molar-refractivity contribution in [2.45, 2.75) is 12.6 Å². The predicted molar refractivity (Wildman–Crippen MR) is 119 cm³/mol. The summed E-state index contributed by atoms with van der Waals surface area (Å²) in [7, 11) is 1.25. The highest BCUT2D eigenvalue weighted by Gasteiger charge is 2.30. The molecule has 0 spiro atoms. The number of anilines is 1. The third-order valence-electron chi connectivity index (χ3n) is 4.74. The van der Waals surface area contributed by atoms with Gasteiger partial charge in [-0.25, -0.2) is 9.82 Å². The molecule has 0 bridgehead atoms. The maximum atomic E-state index is 12.9. The lowest BCUT2D eigenvalue weighted by molar-refractivity contribution is -0.736. The molecule has 0 unspecified atom stereocenters. The van der Waals surface area contributed by atoms with Gasteiger partial charge in [0.15, 0.2) is 18.0 Å². The number of hydrogen-bond donors (Lipinski definition) is 1. The maximum absolute atomic E-state index is 12.9. The van der Waals surface area contributed by atoms with Crippen molar-refractivity contribution in [3.8, 4) is 11.3 Å². The van der Waals surface area contributed by atoms with Crippen molar-refractivity contribution in [2.24, 2.45) is 0 Å². The lowest BCUT2D eigenvalue weighted by Crippen LogP contribution is -2.10. The Balaban J connectivity index is 1.43. The Hall–Kier alpha value is -3.99. The van der Waals surface area contributed by atoms with E-state index in [9.17, 15) is 22.9 Å². The molecule has 0 radical (unpaired) electrons. The van der Waals surface area contributed by atoms with Gasteiger partial charge in [0.25, 0.3) is 10.8 Å². The van der Waals surface area contributed by atoms with Crippen molar-refractivity contribution in [1.82, 2.24) is 4.98 Å². The van der Waals surface area contributed by atoms with Gasteiger partial charge in [-0.1, -0.05) is 30.3 Å². The average molecular weight is 488 g/mol. The first-order chi connectivity index (χ1) is 16.2. The van der Waals surface area contributed by atoms with E-state index in [2.05, 4.69) is 15.1 Å². The molecule has 174 valence electrons. The Morgan fingerprint density at radius 3 is 2.71 bits per heavy atom. The van der Waals surface area contributed by atoms with Crippen LogP contribution in [0.2, 0.25) is 0 Å². The molecule has 0 saturated heterocycles. The van der Waals surface area contributed by atoms with Gasteiger partial charge in [0.1, 0.15) is 5.76 Å². The van der Waals surface area contributed by atoms with E-state index >= 15 is 0 Å². The summed E-state index contributed by atoms with van der Waals surface area (Å²) in [6.45, 7) is 0. The molecule has 2 heterocycles. The van der Waals surface area contributed by atoms with Crippen LogP contribution in [0.4, 0.5) is 24.0 Å². The van der Waals surface area contributed by atoms with Crippen LogP contribution in [-0.4, -0.2) is 22.9 Å². The smallest absolute Gasteiger partial charge is 0.416 e. The lowest BCUT2D eigenvalue weighted by Gasteiger charge is -2.07. The number of alkyl halides is 3. The zero-order chi connectivity index (χ0) is 24.3. The fourth-order valence-corrected chi connectivity index (χ4v) is 4.00. The number of rotatable bonds is 7. The van der Waals surface area contributed by atoms with E-state index in [1.807, 2.05) is 0 Å². The van der Waals surface area contributed by atoms with Crippen molar-refractivity contribution in [1.29, 1.82) is 0 Å². The van der Waals surface area contributed by atoms with Crippen molar-refractivity contribution < 1.29 is 32.1 Å². The standard InChI is InChI=1S/C23H16F3N3O4S/c1-32-29(31)17-7-3-5-15(12-17)19-8-9-20(33-19)21(30)28-22-27-13-18(34-22)11-14-4-2-6-16(10-14)23(24,25)26/h2-10,12-13H,11H2,1H3/p+1. The first-order valence-electron chi connectivity index (χ1n) is 9.87. The summed E-state index contributed by atoms with van der Waals surface area (Å²) in [6.07, 6.45) is -2.66. The Bertz CT molecular complexity index is 1350. The van der Waals surface area contributed by atoms with Crippen LogP contribution in [-0.2, 0) is 17.4 Å². The van der Waals surface area contributed by atoms with E-state index in [-0.39, 0.29) is 23.0 Å². The molecule has 1 N–H and O–H groups in total. The van der Waals surface area contributed by atoms with Crippen LogP contribution in [0, 0.1) is 4.91 Å². The van der Waals surface area contributed by atoms with Crippen molar-refractivity contribution in [2.75, 3.05) is 12.4 Å². The van der Waals surface area contributed by atoms with Gasteiger partial charge in [0, 0.05) is 35.2 Å². The molecular weight excluding hydrogens is 471 g/mol. The molecule has 4 aromatic rings. The Morgan fingerprint density at radius 1 is 1.15 bits per heavy atom. The summed E-state index contributed by atoms with van der Waals surface area (Å²) >= 11 is 1.15. The van der Waals surface area contributed by atoms with Crippen molar-refractivity contribution >= 4 is 28.1 Å². The third kappa shape index (κ3) is 5.31. The average Bonchev–Trinajstić information content (AvgIpc) is 3.48. The van der Waals surface area contributed by atoms with E-state index in [1.54, 1.807) is 36.4 Å². The molecule has 7 nitrogen and oxygen atoms in total. The quantitative estimate of drug-likeness (QED) is 0.312. The number of nitrogens with zero attached hydrogens (tertiary/aromatic N) is 2. The SMILES string of the molecule is CO[N+](=O)c1cccc(-c2ccc(C(=O)Nc3ncc(Cc4cccc(C(F)(F)F)c4)s3)o2)c1. The molecule has 2 aromatic carbocycles. The number of halogens is 3. The first-order valence-corrected chi connectivity index (χ1v) is 10.7. The van der Waals surface area contributed by atoms with E-state index in [0.717, 1.165) is 23.5 Å². The summed E-state index contributed by atoms with van der Waals surface area (Å²) in [5.74, 6) is -0.133. The largest absolute Gasteiger partial charge is 0.451 e. The topological polar surface area (TPSA) is 84.4 Å². The van der Waals surface area contributed by atoms with E-state index < -0.39 is 17.6 Å². The van der Waals surface area contributed by atoms with Crippen LogP contribution in [0.3, 0.4) is 0 Å². The summed E-state index contributed by atoms with van der Waals surface area (Å²) in [5, 5.41) is 2.91. The van der Waals surface area contributed by atoms with Crippen LogP contribution in [0.25, 0.3) is 11.3 Å². The summed E-state index contributed by atoms with van der Waals surface area (Å²) in [4.78, 5) is 34.0. The molecule has 0 fully saturated rings. The Labute approximate surface area is 195 Å². The number of carbonyl (C=O) groups excluding carboxylic acids is 1. The molecule has 2 aromatic heterocycles. The second-order valence-corrected chi connectivity index (χ2v) is 8.23. The molecule has 0 saturated carbocycles. The number of thiazole rings is 1. The van der Waals surface area contributed by atoms with Crippen LogP contribution >= 0.6 is 11.3 Å². The van der Waals surface area contributed by atoms with Crippen LogP contribution in [0.15, 0.2) is 71.3 Å². The molecule has 0 aliphatic carbocycles. The van der Waals surface area contributed by atoms with Crippen LogP contribution < -0.4 is 5.32 Å². The van der Waals surface area contributed by atoms with E-state index in [4.69, 9.17) is 4.42 Å². The number of carbonyl (C=O) groups is 1. The fraction of sp³-hybridized carbons (Fsp3) is 0.130. The molecule has 4 rings (SSSR count). The first kappa shape index (κ1) is 23.2. The fourth-order valence-electron chi connectivity index (χ4n) is 3.16. The number of hydrogen-bond acceptors (Lipinski definition) is 6. The molecule has 11 heteroatoms. The van der Waals surface area contributed by atoms with Gasteiger partial charge in [-0.05, 0) is 23.8 Å². The summed E-state index contributed by atoms with van der Waals surface area (Å²) in [5.41, 5.74) is 0.609. The minimum absolute atomic E-state index is 0.0285. The maximum Gasteiger partial charge on any atom is 0.416 e. The van der Waals surface area contributed by atoms with Crippen LogP contribution in [0.1, 0.15) is 26.6 Å². The minimum Gasteiger partial charge on any atom is -0.451 e.